The van der Waals surface area contributed by atoms with Crippen LogP contribution in [-0.2, 0) is 10.0 Å². The predicted octanol–water partition coefficient (Wildman–Crippen LogP) is 0.514. The molecule has 0 amide bonds. The van der Waals surface area contributed by atoms with Gasteiger partial charge in [-0.1, -0.05) is 6.07 Å². The molecule has 0 spiro atoms. The minimum Gasteiger partial charge on any atom is -0.243 e. The molecule has 1 aromatic heterocycles. The average molecular weight is 193 g/mol. The largest absolute Gasteiger partial charge is 0.271 e. The van der Waals surface area contributed by atoms with Crippen molar-refractivity contribution in [3.8, 4) is 0 Å². The Bertz CT molecular complexity index is 324. The number of sulfonamides is 1. The van der Waals surface area contributed by atoms with Gasteiger partial charge >= 0.3 is 0 Å². The van der Waals surface area contributed by atoms with Crippen molar-refractivity contribution in [1.82, 2.24) is 9.23 Å². The highest BCUT2D eigenvalue weighted by Crippen LogP contribution is 2.02. The highest BCUT2D eigenvalue weighted by atomic mass is 35.5. The molecule has 60 valence electrons. The van der Waals surface area contributed by atoms with E-state index < -0.39 is 10.0 Å². The minimum atomic E-state index is -3.59. The lowest BCUT2D eigenvalue weighted by molar-refractivity contribution is 0.590. The molecule has 4 nitrogen and oxygen atoms in total. The maximum Gasteiger partial charge on any atom is 0.271 e. The quantitative estimate of drug-likeness (QED) is 0.695. The van der Waals surface area contributed by atoms with E-state index in [0.717, 1.165) is 0 Å². The Kier molecular flexibility index (Phi) is 2.43. The zero-order chi connectivity index (χ0) is 8.32. The number of halogens is 1. The first-order valence-electron chi connectivity index (χ1n) is 2.70. The lowest BCUT2D eigenvalue weighted by Gasteiger charge is -1.96. The summed E-state index contributed by atoms with van der Waals surface area (Å²) in [5, 5.41) is -0.0880. The van der Waals surface area contributed by atoms with Gasteiger partial charge in [0.25, 0.3) is 10.0 Å². The molecule has 0 atom stereocenters. The summed E-state index contributed by atoms with van der Waals surface area (Å²) < 4.78 is 23.4. The van der Waals surface area contributed by atoms with Gasteiger partial charge in [-0.2, -0.15) is 0 Å². The third-order valence-electron chi connectivity index (χ3n) is 1.01. The second kappa shape index (κ2) is 3.17. The molecule has 0 unspecified atom stereocenters. The van der Waals surface area contributed by atoms with Gasteiger partial charge in [-0.3, -0.25) is 0 Å². The van der Waals surface area contributed by atoms with Crippen LogP contribution < -0.4 is 4.24 Å². The molecule has 0 aliphatic heterocycles. The molecule has 6 heteroatoms. The van der Waals surface area contributed by atoms with Gasteiger partial charge in [-0.25, -0.2) is 13.4 Å². The van der Waals surface area contributed by atoms with E-state index in [9.17, 15) is 8.42 Å². The highest BCUT2D eigenvalue weighted by Gasteiger charge is 2.11. The van der Waals surface area contributed by atoms with Crippen LogP contribution in [0.3, 0.4) is 0 Å². The van der Waals surface area contributed by atoms with Crippen LogP contribution in [0.15, 0.2) is 29.4 Å². The molecule has 0 saturated heterocycles. The monoisotopic (exact) mass is 192 g/mol. The third kappa shape index (κ3) is 1.89. The second-order valence-electron chi connectivity index (χ2n) is 1.75. The van der Waals surface area contributed by atoms with Gasteiger partial charge in [-0.05, 0) is 23.9 Å². The maximum absolute atomic E-state index is 10.9. The molecular formula is C5H5ClN2O2S. The van der Waals surface area contributed by atoms with Gasteiger partial charge in [0.1, 0.15) is 0 Å². The molecule has 0 fully saturated rings. The van der Waals surface area contributed by atoms with Crippen LogP contribution in [0.2, 0.25) is 0 Å². The van der Waals surface area contributed by atoms with Gasteiger partial charge in [0.2, 0.25) is 0 Å². The van der Waals surface area contributed by atoms with Crippen molar-refractivity contribution in [2.45, 2.75) is 5.03 Å². The van der Waals surface area contributed by atoms with Crippen molar-refractivity contribution in [2.75, 3.05) is 0 Å². The standard InChI is InChI=1S/C5H5ClN2O2S/c6-8-11(9,10)5-3-1-2-4-7-5/h1-4,8H. The first kappa shape index (κ1) is 8.45. The first-order valence-corrected chi connectivity index (χ1v) is 4.56. The number of pyridine rings is 1. The van der Waals surface area contributed by atoms with E-state index >= 15 is 0 Å². The number of rotatable bonds is 2. The number of nitrogens with one attached hydrogen (secondary N) is 1. The SMILES string of the molecule is O=S(=O)(NCl)c1ccccn1. The lowest BCUT2D eigenvalue weighted by atomic mass is 10.5. The number of hydrogen-bond acceptors (Lipinski definition) is 3. The Labute approximate surface area is 69.4 Å². The summed E-state index contributed by atoms with van der Waals surface area (Å²) in [7, 11) is -3.59. The normalized spacial score (nSPS) is 11.4. The summed E-state index contributed by atoms with van der Waals surface area (Å²) in [4.78, 5) is 3.59. The van der Waals surface area contributed by atoms with E-state index in [-0.39, 0.29) is 5.03 Å². The molecule has 1 aromatic rings. The number of hydrogen-bond donors (Lipinski definition) is 1. The predicted molar refractivity (Wildman–Crippen MR) is 40.4 cm³/mol. The summed E-state index contributed by atoms with van der Waals surface area (Å²) in [5.74, 6) is 0. The Morgan fingerprint density at radius 1 is 1.45 bits per heavy atom. The van der Waals surface area contributed by atoms with E-state index in [0.29, 0.717) is 0 Å². The van der Waals surface area contributed by atoms with Crippen LogP contribution in [0.5, 0.6) is 0 Å². The summed E-state index contributed by atoms with van der Waals surface area (Å²) in [6.07, 6.45) is 1.38. The van der Waals surface area contributed by atoms with Crippen LogP contribution in [0.1, 0.15) is 0 Å². The molecular weight excluding hydrogens is 188 g/mol. The molecule has 11 heavy (non-hydrogen) atoms. The topological polar surface area (TPSA) is 59.1 Å². The van der Waals surface area contributed by atoms with Crippen LogP contribution >= 0.6 is 11.8 Å². The molecule has 1 rings (SSSR count). The van der Waals surface area contributed by atoms with Gasteiger partial charge in [0.15, 0.2) is 5.03 Å². The highest BCUT2D eigenvalue weighted by molar-refractivity contribution is 7.90. The van der Waals surface area contributed by atoms with E-state index in [1.165, 1.54) is 12.3 Å². The molecule has 0 aromatic carbocycles. The molecule has 0 aliphatic carbocycles. The molecule has 0 saturated carbocycles. The third-order valence-corrected chi connectivity index (χ3v) is 2.62. The number of nitrogens with zero attached hydrogens (tertiary/aromatic N) is 1. The zero-order valence-electron chi connectivity index (χ0n) is 5.36. The molecule has 0 aliphatic rings. The summed E-state index contributed by atoms with van der Waals surface area (Å²) in [6, 6.07) is 4.53. The average Bonchev–Trinajstić information content (AvgIpc) is 2.06. The van der Waals surface area contributed by atoms with Crippen LogP contribution in [0.4, 0.5) is 0 Å². The zero-order valence-corrected chi connectivity index (χ0v) is 6.93. The smallest absolute Gasteiger partial charge is 0.243 e. The summed E-state index contributed by atoms with van der Waals surface area (Å²) in [6.45, 7) is 0. The fraction of sp³-hybridized carbons (Fsp3) is 0. The van der Waals surface area contributed by atoms with Crippen molar-refractivity contribution < 1.29 is 8.42 Å². The lowest BCUT2D eigenvalue weighted by Crippen LogP contribution is -2.14. The minimum absolute atomic E-state index is 0.0880. The van der Waals surface area contributed by atoms with Crippen LogP contribution in [0.25, 0.3) is 0 Å². The fourth-order valence-corrected chi connectivity index (χ4v) is 1.32. The van der Waals surface area contributed by atoms with Crippen LogP contribution in [-0.4, -0.2) is 13.4 Å². The Morgan fingerprint density at radius 3 is 2.64 bits per heavy atom. The maximum atomic E-state index is 10.9. The van der Waals surface area contributed by atoms with Crippen molar-refractivity contribution in [2.24, 2.45) is 0 Å². The van der Waals surface area contributed by atoms with Gasteiger partial charge < -0.3 is 0 Å². The van der Waals surface area contributed by atoms with Crippen molar-refractivity contribution in [3.05, 3.63) is 24.4 Å². The van der Waals surface area contributed by atoms with E-state index in [1.807, 2.05) is 0 Å². The van der Waals surface area contributed by atoms with Crippen LogP contribution in [0, 0.1) is 0 Å². The van der Waals surface area contributed by atoms with Crippen molar-refractivity contribution >= 4 is 21.8 Å². The Hall–Kier alpha value is -0.650. The first-order chi connectivity index (χ1) is 5.17. The van der Waals surface area contributed by atoms with Gasteiger partial charge in [-0.15, -0.1) is 4.24 Å². The molecule has 0 radical (unpaired) electrons. The van der Waals surface area contributed by atoms with Gasteiger partial charge in [0.05, 0.1) is 0 Å². The molecule has 1 N–H and O–H groups in total. The van der Waals surface area contributed by atoms with Crippen molar-refractivity contribution in [3.63, 3.8) is 0 Å². The second-order valence-corrected chi connectivity index (χ2v) is 3.79. The fourth-order valence-electron chi connectivity index (χ4n) is 0.546. The molecule has 0 bridgehead atoms. The Balaban J connectivity index is 3.14. The summed E-state index contributed by atoms with van der Waals surface area (Å²) in [5.41, 5.74) is 0. The number of aromatic nitrogens is 1. The van der Waals surface area contributed by atoms with E-state index in [2.05, 4.69) is 4.98 Å². The summed E-state index contributed by atoms with van der Waals surface area (Å²) >= 11 is 4.95. The molecule has 1 heterocycles. The van der Waals surface area contributed by atoms with E-state index in [4.69, 9.17) is 11.8 Å². The van der Waals surface area contributed by atoms with Gasteiger partial charge in [0, 0.05) is 6.20 Å². The van der Waals surface area contributed by atoms with E-state index in [1.54, 1.807) is 16.4 Å². The van der Waals surface area contributed by atoms with Crippen molar-refractivity contribution in [1.29, 1.82) is 0 Å². The Morgan fingerprint density at radius 2 is 2.18 bits per heavy atom.